The lowest BCUT2D eigenvalue weighted by Gasteiger charge is -2.13. The lowest BCUT2D eigenvalue weighted by Crippen LogP contribution is -2.37. The molecule has 1 heterocycles. The number of hydrogen-bond acceptors (Lipinski definition) is 4. The summed E-state index contributed by atoms with van der Waals surface area (Å²) >= 11 is 12.2. The second kappa shape index (κ2) is 9.43. The van der Waals surface area contributed by atoms with Crippen molar-refractivity contribution in [3.8, 4) is 0 Å². The van der Waals surface area contributed by atoms with Gasteiger partial charge in [0.2, 0.25) is 0 Å². The summed E-state index contributed by atoms with van der Waals surface area (Å²) in [5.74, 6) is -0.620. The highest BCUT2D eigenvalue weighted by Gasteiger charge is 2.34. The minimum Gasteiger partial charge on any atom is -0.350 e. The summed E-state index contributed by atoms with van der Waals surface area (Å²) in [5, 5.41) is 3.00. The molecule has 0 saturated carbocycles. The Bertz CT molecular complexity index is 982. The van der Waals surface area contributed by atoms with E-state index in [0.717, 1.165) is 30.3 Å². The van der Waals surface area contributed by atoms with Gasteiger partial charge in [-0.3, -0.25) is 19.3 Å². The molecule has 0 spiro atoms. The molecular formula is C19H13BrClIN2O3S. The van der Waals surface area contributed by atoms with Gasteiger partial charge >= 0.3 is 0 Å². The maximum atomic E-state index is 12.5. The predicted molar refractivity (Wildman–Crippen MR) is 123 cm³/mol. The smallest absolute Gasteiger partial charge is 0.293 e. The highest BCUT2D eigenvalue weighted by molar-refractivity contribution is 14.1. The molecule has 3 amide bonds. The number of imide groups is 1. The molecule has 0 atom stereocenters. The fourth-order valence-electron chi connectivity index (χ4n) is 2.45. The summed E-state index contributed by atoms with van der Waals surface area (Å²) in [7, 11) is 0. The quantitative estimate of drug-likeness (QED) is 0.385. The molecular weight excluding hydrogens is 579 g/mol. The third kappa shape index (κ3) is 5.16. The Morgan fingerprint density at radius 3 is 2.64 bits per heavy atom. The van der Waals surface area contributed by atoms with Crippen molar-refractivity contribution in [2.24, 2.45) is 0 Å². The number of carbonyl (C=O) groups excluding carboxylic acids is 3. The van der Waals surface area contributed by atoms with E-state index in [9.17, 15) is 14.4 Å². The van der Waals surface area contributed by atoms with Crippen LogP contribution in [0.25, 0.3) is 6.08 Å². The molecule has 9 heteroatoms. The number of nitrogens with one attached hydrogen (secondary N) is 1. The molecule has 3 rings (SSSR count). The molecule has 0 unspecified atom stereocenters. The number of halogens is 3. The van der Waals surface area contributed by atoms with Crippen LogP contribution in [0.5, 0.6) is 0 Å². The number of carbonyl (C=O) groups is 3. The summed E-state index contributed by atoms with van der Waals surface area (Å²) in [4.78, 5) is 38.5. The molecule has 5 nitrogen and oxygen atoms in total. The standard InChI is InChI=1S/C19H13BrClIN2O3S/c20-12-3-6-15(22)14(10-12)17(25)23-7-8-24-18(26)16(28-19(24)27)9-11-1-4-13(21)5-2-11/h1-6,9-10H,7-8H2,(H,23,25)/b16-9-. The van der Waals surface area contributed by atoms with Crippen molar-refractivity contribution >= 4 is 85.0 Å². The van der Waals surface area contributed by atoms with E-state index in [2.05, 4.69) is 43.8 Å². The topological polar surface area (TPSA) is 66.5 Å². The molecule has 1 saturated heterocycles. The number of amides is 3. The van der Waals surface area contributed by atoms with Crippen LogP contribution in [0.2, 0.25) is 5.02 Å². The Kier molecular flexibility index (Phi) is 7.19. The Hall–Kier alpha value is -1.36. The van der Waals surface area contributed by atoms with Crippen LogP contribution in [-0.2, 0) is 4.79 Å². The third-order valence-corrected chi connectivity index (χ3v) is 6.43. The van der Waals surface area contributed by atoms with Gasteiger partial charge < -0.3 is 5.32 Å². The molecule has 1 N–H and O–H groups in total. The molecule has 2 aromatic rings. The van der Waals surface area contributed by atoms with Gasteiger partial charge in [-0.25, -0.2) is 0 Å². The minimum atomic E-state index is -0.365. The molecule has 1 aliphatic heterocycles. The maximum Gasteiger partial charge on any atom is 0.293 e. The van der Waals surface area contributed by atoms with Crippen LogP contribution in [0.4, 0.5) is 4.79 Å². The summed E-state index contributed by atoms with van der Waals surface area (Å²) < 4.78 is 1.62. The molecule has 1 fully saturated rings. The van der Waals surface area contributed by atoms with Gasteiger partial charge in [0.15, 0.2) is 0 Å². The van der Waals surface area contributed by atoms with E-state index in [4.69, 9.17) is 11.6 Å². The van der Waals surface area contributed by atoms with Gasteiger partial charge in [-0.15, -0.1) is 0 Å². The van der Waals surface area contributed by atoms with E-state index >= 15 is 0 Å². The molecule has 28 heavy (non-hydrogen) atoms. The van der Waals surface area contributed by atoms with E-state index in [0.29, 0.717) is 15.5 Å². The molecule has 0 radical (unpaired) electrons. The van der Waals surface area contributed by atoms with Crippen molar-refractivity contribution in [2.45, 2.75) is 0 Å². The average molecular weight is 592 g/mol. The van der Waals surface area contributed by atoms with Gasteiger partial charge in [0.05, 0.1) is 10.5 Å². The summed E-state index contributed by atoms with van der Waals surface area (Å²) in [6.07, 6.45) is 1.66. The fourth-order valence-corrected chi connectivity index (χ4v) is 4.38. The zero-order chi connectivity index (χ0) is 20.3. The van der Waals surface area contributed by atoms with Gasteiger partial charge in [-0.2, -0.15) is 0 Å². The molecule has 2 aromatic carbocycles. The van der Waals surface area contributed by atoms with E-state index < -0.39 is 0 Å². The lowest BCUT2D eigenvalue weighted by atomic mass is 10.2. The van der Waals surface area contributed by atoms with Gasteiger partial charge in [-0.1, -0.05) is 39.7 Å². The lowest BCUT2D eigenvalue weighted by molar-refractivity contribution is -0.122. The SMILES string of the molecule is O=C(NCCN1C(=O)S/C(=C\c2ccc(Cl)cc2)C1=O)c1cc(Br)ccc1I. The van der Waals surface area contributed by atoms with Gasteiger partial charge in [0.1, 0.15) is 0 Å². The van der Waals surface area contributed by atoms with Crippen molar-refractivity contribution in [3.05, 3.63) is 71.6 Å². The van der Waals surface area contributed by atoms with Crippen molar-refractivity contribution in [2.75, 3.05) is 13.1 Å². The van der Waals surface area contributed by atoms with Crippen molar-refractivity contribution < 1.29 is 14.4 Å². The number of hydrogen-bond donors (Lipinski definition) is 1. The van der Waals surface area contributed by atoms with Crippen LogP contribution in [0.1, 0.15) is 15.9 Å². The highest BCUT2D eigenvalue weighted by atomic mass is 127. The third-order valence-electron chi connectivity index (χ3n) is 3.84. The van der Waals surface area contributed by atoms with Crippen LogP contribution >= 0.6 is 61.9 Å². The van der Waals surface area contributed by atoms with Crippen molar-refractivity contribution in [1.82, 2.24) is 10.2 Å². The van der Waals surface area contributed by atoms with Gasteiger partial charge in [-0.05, 0) is 76.3 Å². The minimum absolute atomic E-state index is 0.110. The Labute approximate surface area is 193 Å². The zero-order valence-corrected chi connectivity index (χ0v) is 19.6. The molecule has 144 valence electrons. The van der Waals surface area contributed by atoms with E-state index in [1.165, 1.54) is 0 Å². The van der Waals surface area contributed by atoms with Crippen LogP contribution in [0.15, 0.2) is 51.8 Å². The van der Waals surface area contributed by atoms with E-state index in [1.807, 2.05) is 12.1 Å². The Morgan fingerprint density at radius 2 is 1.93 bits per heavy atom. The number of nitrogens with zero attached hydrogens (tertiary/aromatic N) is 1. The van der Waals surface area contributed by atoms with Crippen LogP contribution in [-0.4, -0.2) is 35.0 Å². The van der Waals surface area contributed by atoms with Crippen LogP contribution in [0, 0.1) is 3.57 Å². The van der Waals surface area contributed by atoms with Crippen LogP contribution in [0.3, 0.4) is 0 Å². The number of benzene rings is 2. The first-order chi connectivity index (χ1) is 13.3. The second-order valence-corrected chi connectivity index (χ2v) is 9.27. The monoisotopic (exact) mass is 590 g/mol. The average Bonchev–Trinajstić information content (AvgIpc) is 2.92. The first-order valence-electron chi connectivity index (χ1n) is 8.09. The zero-order valence-electron chi connectivity index (χ0n) is 14.2. The van der Waals surface area contributed by atoms with E-state index in [1.54, 1.807) is 36.4 Å². The van der Waals surface area contributed by atoms with Crippen LogP contribution < -0.4 is 5.32 Å². The predicted octanol–water partition coefficient (Wildman–Crippen LogP) is 5.17. The first kappa shape index (κ1) is 21.4. The van der Waals surface area contributed by atoms with Crippen molar-refractivity contribution in [1.29, 1.82) is 0 Å². The summed E-state index contributed by atoms with van der Waals surface area (Å²) in [5.41, 5.74) is 1.32. The highest BCUT2D eigenvalue weighted by Crippen LogP contribution is 2.32. The second-order valence-electron chi connectivity index (χ2n) is 5.76. The van der Waals surface area contributed by atoms with E-state index in [-0.39, 0.29) is 30.1 Å². The molecule has 0 bridgehead atoms. The maximum absolute atomic E-state index is 12.5. The Morgan fingerprint density at radius 1 is 1.21 bits per heavy atom. The van der Waals surface area contributed by atoms with Gasteiger partial charge in [0, 0.05) is 26.2 Å². The Balaban J connectivity index is 1.61. The van der Waals surface area contributed by atoms with Gasteiger partial charge in [0.25, 0.3) is 17.1 Å². The fraction of sp³-hybridized carbons (Fsp3) is 0.105. The summed E-state index contributed by atoms with van der Waals surface area (Å²) in [6.45, 7) is 0.284. The molecule has 0 aliphatic carbocycles. The first-order valence-corrected chi connectivity index (χ1v) is 11.2. The summed E-state index contributed by atoms with van der Waals surface area (Å²) in [6, 6.07) is 12.4. The molecule has 0 aromatic heterocycles. The van der Waals surface area contributed by atoms with Crippen molar-refractivity contribution in [3.63, 3.8) is 0 Å². The number of thioether (sulfide) groups is 1. The largest absolute Gasteiger partial charge is 0.350 e. The number of rotatable bonds is 5. The molecule has 1 aliphatic rings. The normalized spacial score (nSPS) is 15.4.